The van der Waals surface area contributed by atoms with Gasteiger partial charge in [0.1, 0.15) is 6.10 Å². The van der Waals surface area contributed by atoms with Crippen LogP contribution in [0.15, 0.2) is 0 Å². The molecule has 3 unspecified atom stereocenters. The van der Waals surface area contributed by atoms with Gasteiger partial charge in [0.15, 0.2) is 0 Å². The molecule has 0 radical (unpaired) electrons. The smallest absolute Gasteiger partial charge is 0.251 e. The van der Waals surface area contributed by atoms with Crippen molar-refractivity contribution in [2.75, 3.05) is 25.9 Å². The second-order valence-corrected chi connectivity index (χ2v) is 9.37. The molecule has 6 nitrogen and oxygen atoms in total. The van der Waals surface area contributed by atoms with E-state index in [1.54, 1.807) is 4.90 Å². The number of rotatable bonds is 5. The second-order valence-electron chi connectivity index (χ2n) is 7.43. The largest absolute Gasteiger partial charge is 0.365 e. The Morgan fingerprint density at radius 2 is 1.96 bits per heavy atom. The molecule has 0 aromatic rings. The first kappa shape index (κ1) is 19.7. The number of piperazine rings is 1. The molecule has 0 bridgehead atoms. The van der Waals surface area contributed by atoms with E-state index in [9.17, 15) is 13.2 Å². The van der Waals surface area contributed by atoms with Crippen LogP contribution in [0, 0.1) is 5.92 Å². The van der Waals surface area contributed by atoms with Gasteiger partial charge in [-0.2, -0.15) is 4.31 Å². The average molecular weight is 361 g/mol. The van der Waals surface area contributed by atoms with Gasteiger partial charge in [0.2, 0.25) is 10.0 Å². The summed E-state index contributed by atoms with van der Waals surface area (Å²) in [6.45, 7) is 7.31. The molecule has 1 heterocycles. The van der Waals surface area contributed by atoms with Crippen LogP contribution in [0.25, 0.3) is 0 Å². The Morgan fingerprint density at radius 1 is 1.25 bits per heavy atom. The molecule has 2 fully saturated rings. The van der Waals surface area contributed by atoms with Crippen LogP contribution in [0.2, 0.25) is 0 Å². The standard InChI is InChI=1S/C17H32N2O4S/c1-5-16(23-15-8-6-7-13(2)11-15)17(20)18-9-10-19(14(3)12-18)24(4,21)22/h13-16H,5-12H2,1-4H3/t13?,14-,15?,16?/m0/s1. The van der Waals surface area contributed by atoms with E-state index in [2.05, 4.69) is 6.92 Å². The monoisotopic (exact) mass is 360 g/mol. The zero-order valence-electron chi connectivity index (χ0n) is 15.4. The number of nitrogens with zero attached hydrogens (tertiary/aromatic N) is 2. The highest BCUT2D eigenvalue weighted by Gasteiger charge is 2.35. The van der Waals surface area contributed by atoms with E-state index < -0.39 is 16.1 Å². The quantitative estimate of drug-likeness (QED) is 0.750. The molecule has 0 spiro atoms. The molecule has 1 saturated heterocycles. The Balaban J connectivity index is 1.94. The SMILES string of the molecule is CCC(OC1CCCC(C)C1)C(=O)N1CCN(S(C)(=O)=O)[C@@H](C)C1. The van der Waals surface area contributed by atoms with Crippen molar-refractivity contribution in [3.05, 3.63) is 0 Å². The third-order valence-electron chi connectivity index (χ3n) is 5.20. The topological polar surface area (TPSA) is 66.9 Å². The van der Waals surface area contributed by atoms with Gasteiger partial charge < -0.3 is 9.64 Å². The molecule has 0 aromatic carbocycles. The molecular formula is C17H32N2O4S. The van der Waals surface area contributed by atoms with E-state index in [0.717, 1.165) is 12.8 Å². The van der Waals surface area contributed by atoms with Crippen LogP contribution in [0.1, 0.15) is 52.9 Å². The molecule has 2 rings (SSSR count). The molecule has 24 heavy (non-hydrogen) atoms. The second kappa shape index (κ2) is 8.15. The van der Waals surface area contributed by atoms with Gasteiger partial charge in [-0.15, -0.1) is 0 Å². The maximum atomic E-state index is 12.8. The van der Waals surface area contributed by atoms with E-state index >= 15 is 0 Å². The maximum Gasteiger partial charge on any atom is 0.251 e. The molecule has 0 aromatic heterocycles. The summed E-state index contributed by atoms with van der Waals surface area (Å²) in [7, 11) is -3.21. The van der Waals surface area contributed by atoms with Crippen molar-refractivity contribution < 1.29 is 17.9 Å². The Hall–Kier alpha value is -0.660. The number of carbonyl (C=O) groups excluding carboxylic acids is 1. The van der Waals surface area contributed by atoms with Crippen molar-refractivity contribution >= 4 is 15.9 Å². The fourth-order valence-electron chi connectivity index (χ4n) is 3.90. The molecule has 2 aliphatic rings. The minimum atomic E-state index is -3.21. The molecule has 1 amide bonds. The summed E-state index contributed by atoms with van der Waals surface area (Å²) in [5.74, 6) is 0.672. The van der Waals surface area contributed by atoms with Crippen LogP contribution in [0.4, 0.5) is 0 Å². The van der Waals surface area contributed by atoms with Gasteiger partial charge in [0.05, 0.1) is 12.4 Å². The summed E-state index contributed by atoms with van der Waals surface area (Å²) in [4.78, 5) is 14.6. The van der Waals surface area contributed by atoms with Crippen LogP contribution in [-0.2, 0) is 19.6 Å². The lowest BCUT2D eigenvalue weighted by molar-refractivity contribution is -0.151. The lowest BCUT2D eigenvalue weighted by atomic mass is 9.88. The minimum absolute atomic E-state index is 0.00993. The van der Waals surface area contributed by atoms with Crippen LogP contribution in [0.5, 0.6) is 0 Å². The zero-order chi connectivity index (χ0) is 17.9. The van der Waals surface area contributed by atoms with Gasteiger partial charge in [-0.25, -0.2) is 8.42 Å². The third-order valence-corrected chi connectivity index (χ3v) is 6.59. The van der Waals surface area contributed by atoms with Crippen LogP contribution < -0.4 is 0 Å². The highest BCUT2D eigenvalue weighted by molar-refractivity contribution is 7.88. The molecule has 1 aliphatic heterocycles. The summed E-state index contributed by atoms with van der Waals surface area (Å²) < 4.78 is 31.1. The van der Waals surface area contributed by atoms with E-state index in [-0.39, 0.29) is 18.1 Å². The lowest BCUT2D eigenvalue weighted by Crippen LogP contribution is -2.57. The van der Waals surface area contributed by atoms with Crippen LogP contribution in [0.3, 0.4) is 0 Å². The molecule has 0 N–H and O–H groups in total. The first-order valence-electron chi connectivity index (χ1n) is 9.13. The molecule has 4 atom stereocenters. The number of sulfonamides is 1. The van der Waals surface area contributed by atoms with Crippen molar-refractivity contribution in [2.24, 2.45) is 5.92 Å². The van der Waals surface area contributed by atoms with Crippen molar-refractivity contribution in [3.63, 3.8) is 0 Å². The maximum absolute atomic E-state index is 12.8. The Labute approximate surface area is 146 Å². The van der Waals surface area contributed by atoms with E-state index in [4.69, 9.17) is 4.74 Å². The van der Waals surface area contributed by atoms with Gasteiger partial charge in [0.25, 0.3) is 5.91 Å². The highest BCUT2D eigenvalue weighted by Crippen LogP contribution is 2.27. The fraction of sp³-hybridized carbons (Fsp3) is 0.941. The number of ether oxygens (including phenoxy) is 1. The number of carbonyl (C=O) groups is 1. The number of hydrogen-bond donors (Lipinski definition) is 0. The average Bonchev–Trinajstić information content (AvgIpc) is 2.50. The highest BCUT2D eigenvalue weighted by atomic mass is 32.2. The summed E-state index contributed by atoms with van der Waals surface area (Å²) in [6.07, 6.45) is 6.13. The van der Waals surface area contributed by atoms with Gasteiger partial charge in [0, 0.05) is 25.7 Å². The lowest BCUT2D eigenvalue weighted by Gasteiger charge is -2.40. The zero-order valence-corrected chi connectivity index (χ0v) is 16.2. The fourth-order valence-corrected chi connectivity index (χ4v) is 5.03. The summed E-state index contributed by atoms with van der Waals surface area (Å²) in [5, 5.41) is 0. The molecule has 1 aliphatic carbocycles. The summed E-state index contributed by atoms with van der Waals surface area (Å²) >= 11 is 0. The minimum Gasteiger partial charge on any atom is -0.365 e. The van der Waals surface area contributed by atoms with E-state index in [1.807, 2.05) is 13.8 Å². The number of amides is 1. The van der Waals surface area contributed by atoms with Crippen LogP contribution >= 0.6 is 0 Å². The van der Waals surface area contributed by atoms with Gasteiger partial charge in [-0.3, -0.25) is 4.79 Å². The first-order chi connectivity index (χ1) is 11.2. The summed E-state index contributed by atoms with van der Waals surface area (Å²) in [6, 6.07) is -0.190. The van der Waals surface area contributed by atoms with Gasteiger partial charge >= 0.3 is 0 Å². The third kappa shape index (κ3) is 4.92. The van der Waals surface area contributed by atoms with Crippen LogP contribution in [-0.4, -0.2) is 67.7 Å². The first-order valence-corrected chi connectivity index (χ1v) is 11.0. The van der Waals surface area contributed by atoms with Crippen molar-refractivity contribution in [2.45, 2.75) is 71.1 Å². The predicted octanol–water partition coefficient (Wildman–Crippen LogP) is 1.85. The Morgan fingerprint density at radius 3 is 2.50 bits per heavy atom. The summed E-state index contributed by atoms with van der Waals surface area (Å²) in [5.41, 5.74) is 0. The normalized spacial score (nSPS) is 31.0. The molecule has 1 saturated carbocycles. The van der Waals surface area contributed by atoms with Crippen molar-refractivity contribution in [1.82, 2.24) is 9.21 Å². The Bertz CT molecular complexity index is 537. The van der Waals surface area contributed by atoms with Gasteiger partial charge in [-0.05, 0) is 32.1 Å². The van der Waals surface area contributed by atoms with Crippen molar-refractivity contribution in [3.8, 4) is 0 Å². The van der Waals surface area contributed by atoms with Crippen molar-refractivity contribution in [1.29, 1.82) is 0 Å². The number of hydrogen-bond acceptors (Lipinski definition) is 4. The molecule has 7 heteroatoms. The van der Waals surface area contributed by atoms with E-state index in [1.165, 1.54) is 23.4 Å². The van der Waals surface area contributed by atoms with E-state index in [0.29, 0.717) is 32.0 Å². The molecular weight excluding hydrogens is 328 g/mol. The van der Waals surface area contributed by atoms with Gasteiger partial charge in [-0.1, -0.05) is 26.7 Å². The predicted molar refractivity (Wildman–Crippen MR) is 94.2 cm³/mol. The molecule has 140 valence electrons. The Kier molecular flexibility index (Phi) is 6.67.